The van der Waals surface area contributed by atoms with Crippen LogP contribution in [-0.4, -0.2) is 11.1 Å². The van der Waals surface area contributed by atoms with Gasteiger partial charge in [-0.3, -0.25) is 0 Å². The van der Waals surface area contributed by atoms with Crippen molar-refractivity contribution < 1.29 is 9.90 Å². The van der Waals surface area contributed by atoms with Gasteiger partial charge in [-0.25, -0.2) is 4.79 Å². The molecule has 5 heteroatoms. The van der Waals surface area contributed by atoms with E-state index in [1.165, 1.54) is 6.07 Å². The number of carboxylic acid groups (broad SMARTS) is 1. The van der Waals surface area contributed by atoms with Crippen molar-refractivity contribution in [3.05, 3.63) is 25.7 Å². The number of anilines is 1. The Kier molecular flexibility index (Phi) is 2.94. The van der Waals surface area contributed by atoms with Gasteiger partial charge in [0.15, 0.2) is 0 Å². The summed E-state index contributed by atoms with van der Waals surface area (Å²) in [6, 6.07) is 3.14. The van der Waals surface area contributed by atoms with Crippen LogP contribution < -0.4 is 5.73 Å². The van der Waals surface area contributed by atoms with Gasteiger partial charge in [0.25, 0.3) is 0 Å². The summed E-state index contributed by atoms with van der Waals surface area (Å²) in [5.41, 5.74) is 6.30. The minimum absolute atomic E-state index is 0.233. The molecule has 0 fully saturated rings. The predicted octanol–water partition coefficient (Wildman–Crippen LogP) is 2.33. The molecule has 12 heavy (non-hydrogen) atoms. The summed E-state index contributed by atoms with van der Waals surface area (Å²) in [6.07, 6.45) is 0. The molecule has 0 aliphatic heterocycles. The summed E-state index contributed by atoms with van der Waals surface area (Å²) in [7, 11) is 0. The minimum Gasteiger partial charge on any atom is -0.478 e. The number of carboxylic acids is 1. The number of rotatable bonds is 1. The lowest BCUT2D eigenvalue weighted by molar-refractivity contribution is 0.0696. The number of nitrogens with two attached hydrogens (primary N) is 1. The fourth-order valence-corrected chi connectivity index (χ4v) is 2.14. The van der Waals surface area contributed by atoms with Gasteiger partial charge in [-0.2, -0.15) is 0 Å². The molecule has 0 bridgehead atoms. The summed E-state index contributed by atoms with van der Waals surface area (Å²) in [5, 5.41) is 8.71. The van der Waals surface area contributed by atoms with Gasteiger partial charge in [0.05, 0.1) is 14.8 Å². The molecule has 0 atom stereocenters. The van der Waals surface area contributed by atoms with E-state index in [1.807, 2.05) is 22.6 Å². The largest absolute Gasteiger partial charge is 0.478 e. The normalized spacial score (nSPS) is 9.83. The Morgan fingerprint density at radius 2 is 2.17 bits per heavy atom. The molecular weight excluding hydrogens is 337 g/mol. The number of halogens is 2. The number of benzene rings is 1. The Bertz CT molecular complexity index is 340. The fraction of sp³-hybridized carbons (Fsp3) is 0. The van der Waals surface area contributed by atoms with Crippen molar-refractivity contribution in [2.45, 2.75) is 0 Å². The zero-order valence-electron chi connectivity index (χ0n) is 5.84. The third kappa shape index (κ3) is 1.71. The van der Waals surface area contributed by atoms with Gasteiger partial charge in [0.1, 0.15) is 0 Å². The molecule has 0 radical (unpaired) electrons. The van der Waals surface area contributed by atoms with E-state index in [1.54, 1.807) is 6.07 Å². The number of nitrogen functional groups attached to an aromatic ring is 1. The molecule has 0 heterocycles. The molecule has 0 saturated carbocycles. The second-order valence-electron chi connectivity index (χ2n) is 2.13. The van der Waals surface area contributed by atoms with E-state index in [-0.39, 0.29) is 5.56 Å². The van der Waals surface area contributed by atoms with E-state index in [0.717, 1.165) is 4.47 Å². The molecule has 3 nitrogen and oxygen atoms in total. The highest BCUT2D eigenvalue weighted by molar-refractivity contribution is 14.1. The monoisotopic (exact) mass is 341 g/mol. The average molecular weight is 342 g/mol. The summed E-state index contributed by atoms with van der Waals surface area (Å²) < 4.78 is 1.28. The standard InChI is InChI=1S/C7H5BrINO2/c8-4-2-1-3(7(11)12)5(9)6(4)10/h1-2H,10H2,(H,11,12). The number of hydrogen-bond acceptors (Lipinski definition) is 2. The van der Waals surface area contributed by atoms with Crippen LogP contribution in [0.3, 0.4) is 0 Å². The van der Waals surface area contributed by atoms with E-state index in [2.05, 4.69) is 15.9 Å². The summed E-state index contributed by atoms with van der Waals surface area (Å²) >= 11 is 5.12. The third-order valence-corrected chi connectivity index (χ3v) is 3.21. The van der Waals surface area contributed by atoms with Gasteiger partial charge < -0.3 is 10.8 Å². The zero-order chi connectivity index (χ0) is 9.30. The van der Waals surface area contributed by atoms with E-state index in [9.17, 15) is 4.79 Å². The van der Waals surface area contributed by atoms with Crippen LogP contribution in [0, 0.1) is 3.57 Å². The molecule has 3 N–H and O–H groups in total. The van der Waals surface area contributed by atoms with Crippen molar-refractivity contribution in [3.63, 3.8) is 0 Å². The molecule has 64 valence electrons. The van der Waals surface area contributed by atoms with Crippen LogP contribution in [0.25, 0.3) is 0 Å². The van der Waals surface area contributed by atoms with Gasteiger partial charge >= 0.3 is 5.97 Å². The highest BCUT2D eigenvalue weighted by atomic mass is 127. The SMILES string of the molecule is Nc1c(Br)ccc(C(=O)O)c1I. The first-order valence-electron chi connectivity index (χ1n) is 3.01. The smallest absolute Gasteiger partial charge is 0.336 e. The maximum Gasteiger partial charge on any atom is 0.336 e. The molecule has 0 aliphatic rings. The molecule has 0 aliphatic carbocycles. The molecule has 1 aromatic carbocycles. The average Bonchev–Trinajstić information content (AvgIpc) is 2.00. The lowest BCUT2D eigenvalue weighted by Crippen LogP contribution is -2.03. The Hall–Kier alpha value is -0.300. The van der Waals surface area contributed by atoms with Crippen LogP contribution in [-0.2, 0) is 0 Å². The molecule has 1 rings (SSSR count). The van der Waals surface area contributed by atoms with E-state index >= 15 is 0 Å². The number of aromatic carboxylic acids is 1. The van der Waals surface area contributed by atoms with Crippen molar-refractivity contribution in [2.75, 3.05) is 5.73 Å². The lowest BCUT2D eigenvalue weighted by Gasteiger charge is -2.03. The van der Waals surface area contributed by atoms with Gasteiger partial charge in [0, 0.05) is 4.47 Å². The first-order chi connectivity index (χ1) is 5.54. The zero-order valence-corrected chi connectivity index (χ0v) is 9.59. The quantitative estimate of drug-likeness (QED) is 0.608. The number of carbonyl (C=O) groups is 1. The van der Waals surface area contributed by atoms with Gasteiger partial charge in [0.2, 0.25) is 0 Å². The summed E-state index contributed by atoms with van der Waals surface area (Å²) in [5.74, 6) is -0.960. The number of hydrogen-bond donors (Lipinski definition) is 2. The predicted molar refractivity (Wildman–Crippen MR) is 58.2 cm³/mol. The van der Waals surface area contributed by atoms with Crippen LogP contribution >= 0.6 is 38.5 Å². The van der Waals surface area contributed by atoms with Gasteiger partial charge in [-0.05, 0) is 50.7 Å². The maximum absolute atomic E-state index is 10.6. The van der Waals surface area contributed by atoms with Crippen molar-refractivity contribution in [1.29, 1.82) is 0 Å². The lowest BCUT2D eigenvalue weighted by atomic mass is 10.2. The Labute approximate surface area is 91.2 Å². The molecule has 0 amide bonds. The minimum atomic E-state index is -0.960. The molecule has 0 aromatic heterocycles. The van der Waals surface area contributed by atoms with Crippen molar-refractivity contribution in [3.8, 4) is 0 Å². The molecule has 0 spiro atoms. The second kappa shape index (κ2) is 3.61. The third-order valence-electron chi connectivity index (χ3n) is 1.36. The fourth-order valence-electron chi connectivity index (χ4n) is 0.735. The Balaban J connectivity index is 3.36. The summed E-state index contributed by atoms with van der Waals surface area (Å²) in [6.45, 7) is 0. The maximum atomic E-state index is 10.6. The molecule has 0 saturated heterocycles. The van der Waals surface area contributed by atoms with Crippen molar-refractivity contribution in [1.82, 2.24) is 0 Å². The molecular formula is C7H5BrINO2. The van der Waals surface area contributed by atoms with E-state index in [4.69, 9.17) is 10.8 Å². The van der Waals surface area contributed by atoms with Crippen LogP contribution in [0.4, 0.5) is 5.69 Å². The van der Waals surface area contributed by atoms with E-state index < -0.39 is 5.97 Å². The topological polar surface area (TPSA) is 63.3 Å². The van der Waals surface area contributed by atoms with Crippen molar-refractivity contribution in [2.24, 2.45) is 0 Å². The second-order valence-corrected chi connectivity index (χ2v) is 4.06. The van der Waals surface area contributed by atoms with Crippen molar-refractivity contribution >= 4 is 50.2 Å². The Morgan fingerprint density at radius 3 is 2.67 bits per heavy atom. The van der Waals surface area contributed by atoms with Gasteiger partial charge in [-0.1, -0.05) is 0 Å². The van der Waals surface area contributed by atoms with E-state index in [0.29, 0.717) is 9.26 Å². The highest BCUT2D eigenvalue weighted by Crippen LogP contribution is 2.27. The summed E-state index contributed by atoms with van der Waals surface area (Å²) in [4.78, 5) is 10.6. The highest BCUT2D eigenvalue weighted by Gasteiger charge is 2.11. The van der Waals surface area contributed by atoms with Crippen LogP contribution in [0.15, 0.2) is 16.6 Å². The van der Waals surface area contributed by atoms with Crippen LogP contribution in [0.1, 0.15) is 10.4 Å². The Morgan fingerprint density at radius 1 is 1.58 bits per heavy atom. The van der Waals surface area contributed by atoms with Crippen LogP contribution in [0.5, 0.6) is 0 Å². The molecule has 0 unspecified atom stereocenters. The van der Waals surface area contributed by atoms with Gasteiger partial charge in [-0.15, -0.1) is 0 Å². The molecule has 1 aromatic rings. The first kappa shape index (κ1) is 9.79. The first-order valence-corrected chi connectivity index (χ1v) is 4.88. The van der Waals surface area contributed by atoms with Crippen LogP contribution in [0.2, 0.25) is 0 Å².